The molecule has 0 saturated carbocycles. The van der Waals surface area contributed by atoms with E-state index in [1.54, 1.807) is 6.08 Å². The Morgan fingerprint density at radius 3 is 2.48 bits per heavy atom. The predicted octanol–water partition coefficient (Wildman–Crippen LogP) is 4.06. The van der Waals surface area contributed by atoms with Crippen molar-refractivity contribution in [2.45, 2.75) is 25.7 Å². The van der Waals surface area contributed by atoms with Gasteiger partial charge in [0.2, 0.25) is 5.91 Å². The fourth-order valence-corrected chi connectivity index (χ4v) is 2.35. The minimum atomic E-state index is -0.974. The van der Waals surface area contributed by atoms with Gasteiger partial charge in [-0.05, 0) is 24.5 Å². The number of carbonyl (C=O) groups excluding carboxylic acids is 1. The van der Waals surface area contributed by atoms with Crippen LogP contribution in [0.15, 0.2) is 78.9 Å². The van der Waals surface area contributed by atoms with Crippen LogP contribution in [-0.4, -0.2) is 5.91 Å². The molecule has 0 bridgehead atoms. The molecule has 0 aliphatic rings. The zero-order valence-electron chi connectivity index (χ0n) is 12.8. The van der Waals surface area contributed by atoms with Crippen molar-refractivity contribution in [2.24, 2.45) is 5.73 Å². The molecule has 1 amide bonds. The van der Waals surface area contributed by atoms with Crippen LogP contribution in [0.5, 0.6) is 0 Å². The van der Waals surface area contributed by atoms with E-state index in [0.29, 0.717) is 0 Å². The maximum Gasteiger partial charge on any atom is 0.236 e. The average Bonchev–Trinajstić information content (AvgIpc) is 2.49. The van der Waals surface area contributed by atoms with Crippen LogP contribution in [0.1, 0.15) is 25.8 Å². The maximum atomic E-state index is 12.4. The second kappa shape index (κ2) is 8.05. The normalized spacial score (nSPS) is 15.2. The first-order valence-electron chi connectivity index (χ1n) is 7.12. The average molecular weight is 281 g/mol. The van der Waals surface area contributed by atoms with E-state index >= 15 is 0 Å². The Bertz CT molecular complexity index is 566. The Labute approximate surface area is 127 Å². The first-order chi connectivity index (χ1) is 10.1. The number of rotatable bonds is 7. The van der Waals surface area contributed by atoms with Gasteiger partial charge in [0.05, 0.1) is 0 Å². The summed E-state index contributed by atoms with van der Waals surface area (Å²) in [7, 11) is 0. The summed E-state index contributed by atoms with van der Waals surface area (Å²) in [4.78, 5) is 12.4. The molecule has 21 heavy (non-hydrogen) atoms. The van der Waals surface area contributed by atoms with E-state index in [0.717, 1.165) is 17.6 Å². The highest BCUT2D eigenvalue weighted by Crippen LogP contribution is 2.35. The number of amides is 1. The summed E-state index contributed by atoms with van der Waals surface area (Å²) in [6.07, 6.45) is 12.0. The van der Waals surface area contributed by atoms with Crippen LogP contribution >= 0.6 is 0 Å². The van der Waals surface area contributed by atoms with Crippen molar-refractivity contribution in [2.75, 3.05) is 0 Å². The summed E-state index contributed by atoms with van der Waals surface area (Å²) in [6.45, 7) is 7.68. The summed E-state index contributed by atoms with van der Waals surface area (Å²) in [6, 6.07) is 9.59. The van der Waals surface area contributed by atoms with E-state index in [4.69, 9.17) is 5.73 Å². The molecular formula is C19H23NO. The van der Waals surface area contributed by atoms with Gasteiger partial charge < -0.3 is 5.73 Å². The zero-order chi connectivity index (χ0) is 15.7. The lowest BCUT2D eigenvalue weighted by molar-refractivity contribution is -0.120. The van der Waals surface area contributed by atoms with Gasteiger partial charge in [-0.3, -0.25) is 4.79 Å². The molecule has 0 fully saturated rings. The maximum absolute atomic E-state index is 12.4. The van der Waals surface area contributed by atoms with Crippen LogP contribution in [0.2, 0.25) is 0 Å². The van der Waals surface area contributed by atoms with Crippen molar-refractivity contribution in [3.8, 4) is 0 Å². The Kier molecular flexibility index (Phi) is 6.41. The van der Waals surface area contributed by atoms with Gasteiger partial charge >= 0.3 is 0 Å². The second-order valence-electron chi connectivity index (χ2n) is 4.71. The third-order valence-corrected chi connectivity index (χ3v) is 3.32. The summed E-state index contributed by atoms with van der Waals surface area (Å²) < 4.78 is 0. The number of hydrogen-bond donors (Lipinski definition) is 1. The fraction of sp³-hybridized carbons (Fsp3) is 0.211. The first kappa shape index (κ1) is 16.7. The van der Waals surface area contributed by atoms with E-state index in [1.165, 1.54) is 0 Å². The largest absolute Gasteiger partial charge is 0.368 e. The second-order valence-corrected chi connectivity index (χ2v) is 4.71. The molecule has 1 aromatic carbocycles. The third kappa shape index (κ3) is 3.60. The quantitative estimate of drug-likeness (QED) is 0.594. The van der Waals surface area contributed by atoms with Crippen molar-refractivity contribution in [3.63, 3.8) is 0 Å². The zero-order valence-corrected chi connectivity index (χ0v) is 12.8. The van der Waals surface area contributed by atoms with Crippen LogP contribution in [-0.2, 0) is 10.2 Å². The molecule has 1 unspecified atom stereocenters. The molecule has 110 valence electrons. The summed E-state index contributed by atoms with van der Waals surface area (Å²) >= 11 is 0. The molecule has 0 spiro atoms. The first-order valence-corrected chi connectivity index (χ1v) is 7.12. The number of benzene rings is 1. The molecule has 2 heteroatoms. The Morgan fingerprint density at radius 1 is 1.33 bits per heavy atom. The Balaban J connectivity index is 3.67. The summed E-state index contributed by atoms with van der Waals surface area (Å²) in [5, 5.41) is 0. The molecule has 2 N–H and O–H groups in total. The van der Waals surface area contributed by atoms with E-state index in [2.05, 4.69) is 6.58 Å². The van der Waals surface area contributed by atoms with Gasteiger partial charge in [0.25, 0.3) is 0 Å². The highest BCUT2D eigenvalue weighted by Gasteiger charge is 2.38. The van der Waals surface area contributed by atoms with E-state index in [1.807, 2.05) is 74.6 Å². The van der Waals surface area contributed by atoms with Crippen molar-refractivity contribution in [3.05, 3.63) is 84.5 Å². The van der Waals surface area contributed by atoms with Gasteiger partial charge in [-0.25, -0.2) is 0 Å². The molecule has 0 aromatic heterocycles. The minimum absolute atomic E-state index is 0.399. The number of nitrogens with two attached hydrogens (primary N) is 1. The van der Waals surface area contributed by atoms with Crippen molar-refractivity contribution in [1.29, 1.82) is 0 Å². The molecule has 0 aliphatic heterocycles. The van der Waals surface area contributed by atoms with Crippen LogP contribution in [0.3, 0.4) is 0 Å². The van der Waals surface area contributed by atoms with Gasteiger partial charge in [0.15, 0.2) is 0 Å². The SMILES string of the molecule is C=C/C=C(\C=C/C)C(/C=C/CC)(C(N)=O)c1ccccc1. The highest BCUT2D eigenvalue weighted by molar-refractivity contribution is 5.94. The number of primary amides is 1. The number of allylic oxidation sites excluding steroid dienone is 5. The third-order valence-electron chi connectivity index (χ3n) is 3.32. The molecule has 1 aromatic rings. The highest BCUT2D eigenvalue weighted by atomic mass is 16.1. The fourth-order valence-electron chi connectivity index (χ4n) is 2.35. The summed E-state index contributed by atoms with van der Waals surface area (Å²) in [5.74, 6) is -0.399. The minimum Gasteiger partial charge on any atom is -0.368 e. The Hall–Kier alpha value is -2.35. The lowest BCUT2D eigenvalue weighted by Crippen LogP contribution is -2.41. The van der Waals surface area contributed by atoms with E-state index in [-0.39, 0.29) is 0 Å². The van der Waals surface area contributed by atoms with Crippen LogP contribution in [0.4, 0.5) is 0 Å². The number of hydrogen-bond acceptors (Lipinski definition) is 1. The molecule has 1 rings (SSSR count). The Morgan fingerprint density at radius 2 is 2.00 bits per heavy atom. The molecule has 0 saturated heterocycles. The van der Waals surface area contributed by atoms with E-state index in [9.17, 15) is 4.79 Å². The standard InChI is InChI=1S/C19H23NO/c1-4-7-15-19(18(20)21,16(11-5-2)12-6-3)17-13-9-8-10-14-17/h5-15H,2,4H2,1,3H3,(H2,20,21)/b12-6-,15-7+,16-11+. The lowest BCUT2D eigenvalue weighted by Gasteiger charge is -2.29. The van der Waals surface area contributed by atoms with Crippen LogP contribution in [0, 0.1) is 0 Å². The molecule has 0 radical (unpaired) electrons. The van der Waals surface area contributed by atoms with Gasteiger partial charge in [0.1, 0.15) is 5.41 Å². The van der Waals surface area contributed by atoms with Gasteiger partial charge in [-0.1, -0.05) is 80.3 Å². The van der Waals surface area contributed by atoms with E-state index < -0.39 is 11.3 Å². The van der Waals surface area contributed by atoms with Crippen molar-refractivity contribution >= 4 is 5.91 Å². The van der Waals surface area contributed by atoms with Crippen LogP contribution in [0.25, 0.3) is 0 Å². The monoisotopic (exact) mass is 281 g/mol. The smallest absolute Gasteiger partial charge is 0.236 e. The van der Waals surface area contributed by atoms with Crippen LogP contribution < -0.4 is 5.73 Å². The molecular weight excluding hydrogens is 258 g/mol. The topological polar surface area (TPSA) is 43.1 Å². The summed E-state index contributed by atoms with van der Waals surface area (Å²) in [5.41, 5.74) is 6.50. The van der Waals surface area contributed by atoms with Crippen molar-refractivity contribution < 1.29 is 4.79 Å². The predicted molar refractivity (Wildman–Crippen MR) is 89.8 cm³/mol. The molecule has 0 heterocycles. The molecule has 0 aliphatic carbocycles. The van der Waals surface area contributed by atoms with Crippen molar-refractivity contribution in [1.82, 2.24) is 0 Å². The van der Waals surface area contributed by atoms with Gasteiger partial charge in [0, 0.05) is 0 Å². The van der Waals surface area contributed by atoms with Gasteiger partial charge in [-0.15, -0.1) is 0 Å². The molecule has 1 atom stereocenters. The lowest BCUT2D eigenvalue weighted by atomic mass is 9.72. The molecule has 2 nitrogen and oxygen atoms in total. The van der Waals surface area contributed by atoms with Gasteiger partial charge in [-0.2, -0.15) is 0 Å². The number of carbonyl (C=O) groups is 1.